The van der Waals surface area contributed by atoms with Crippen LogP contribution >= 0.6 is 0 Å². The van der Waals surface area contributed by atoms with E-state index in [-0.39, 0.29) is 0 Å². The van der Waals surface area contributed by atoms with Crippen molar-refractivity contribution in [2.45, 2.75) is 477 Å². The van der Waals surface area contributed by atoms with Gasteiger partial charge in [0.15, 0.2) is 0 Å². The predicted molar refractivity (Wildman–Crippen MR) is 442 cm³/mol. The minimum absolute atomic E-state index is 0.653. The van der Waals surface area contributed by atoms with Crippen molar-refractivity contribution in [2.75, 3.05) is 0 Å². The summed E-state index contributed by atoms with van der Waals surface area (Å²) in [6.45, 7) is 70.9. The maximum absolute atomic E-state index is 2.42. The lowest BCUT2D eigenvalue weighted by molar-refractivity contribution is 0.281. The van der Waals surface area contributed by atoms with Crippen LogP contribution in [0.25, 0.3) is 0 Å². The maximum Gasteiger partial charge on any atom is -0.0328 e. The summed E-state index contributed by atoms with van der Waals surface area (Å²) in [6, 6.07) is 0. The normalized spacial score (nSPS) is 35.1. The Hall–Kier alpha value is 0. The molecule has 0 aromatic carbocycles. The summed E-state index contributed by atoms with van der Waals surface area (Å²) in [7, 11) is 0. The van der Waals surface area contributed by atoms with Gasteiger partial charge in [-0.2, -0.15) is 0 Å². The molecular formula is C96H192. The van der Waals surface area contributed by atoms with Gasteiger partial charge in [-0.1, -0.05) is 387 Å². The molecule has 12 saturated carbocycles. The van der Waals surface area contributed by atoms with E-state index >= 15 is 0 Å². The van der Waals surface area contributed by atoms with Crippen molar-refractivity contribution >= 4 is 0 Å². The van der Waals surface area contributed by atoms with Crippen molar-refractivity contribution in [2.24, 2.45) is 139 Å². The molecule has 12 rings (SSSR count). The van der Waals surface area contributed by atoms with E-state index in [9.17, 15) is 0 Å². The first-order valence-corrected chi connectivity index (χ1v) is 44.7. The van der Waals surface area contributed by atoms with Crippen molar-refractivity contribution in [3.63, 3.8) is 0 Å². The van der Waals surface area contributed by atoms with Gasteiger partial charge in [-0.25, -0.2) is 0 Å². The van der Waals surface area contributed by atoms with Crippen LogP contribution in [0.1, 0.15) is 477 Å². The van der Waals surface area contributed by atoms with Crippen LogP contribution in [0.2, 0.25) is 0 Å². The molecular weight excluding hydrogens is 1150 g/mol. The van der Waals surface area contributed by atoms with Gasteiger partial charge in [0.05, 0.1) is 0 Å². The van der Waals surface area contributed by atoms with Gasteiger partial charge in [0.1, 0.15) is 0 Å². The predicted octanol–water partition coefficient (Wildman–Crippen LogP) is 34.0. The lowest BCUT2D eigenvalue weighted by atomic mass is 9.83. The topological polar surface area (TPSA) is 0 Å². The minimum Gasteiger partial charge on any atom is -0.0654 e. The highest BCUT2D eigenvalue weighted by molar-refractivity contribution is 4.85. The molecule has 0 radical (unpaired) electrons. The third-order valence-electron chi connectivity index (χ3n) is 30.3. The Bertz CT molecular complexity index is 1680. The summed E-state index contributed by atoms with van der Waals surface area (Å²) in [6.07, 6.45) is 61.4. The van der Waals surface area contributed by atoms with Crippen molar-refractivity contribution in [1.29, 1.82) is 0 Å². The average molecular weight is 1350 g/mol. The van der Waals surface area contributed by atoms with Crippen LogP contribution in [-0.2, 0) is 0 Å². The molecule has 12 aliphatic carbocycles. The summed E-state index contributed by atoms with van der Waals surface area (Å²) in [4.78, 5) is 0. The number of hydrogen-bond donors (Lipinski definition) is 0. The van der Waals surface area contributed by atoms with Gasteiger partial charge in [0, 0.05) is 0 Å². The molecule has 0 aliphatic heterocycles. The average Bonchev–Trinajstić information content (AvgIpc) is 2.05. The lowest BCUT2D eigenvalue weighted by Crippen LogP contribution is -2.13. The van der Waals surface area contributed by atoms with Gasteiger partial charge in [-0.3, -0.25) is 0 Å². The van der Waals surface area contributed by atoms with Crippen LogP contribution in [-0.4, -0.2) is 0 Å². The molecule has 0 N–H and O–H groups in total. The fourth-order valence-electron chi connectivity index (χ4n) is 20.2. The van der Waals surface area contributed by atoms with E-state index < -0.39 is 0 Å². The second-order valence-corrected chi connectivity index (χ2v) is 42.1. The smallest absolute Gasteiger partial charge is 0.0328 e. The largest absolute Gasteiger partial charge is 0.0654 e. The second-order valence-electron chi connectivity index (χ2n) is 42.1. The van der Waals surface area contributed by atoms with Gasteiger partial charge in [0.25, 0.3) is 0 Å². The molecule has 0 amide bonds. The first-order valence-electron chi connectivity index (χ1n) is 44.7. The molecule has 0 saturated heterocycles. The Morgan fingerprint density at radius 2 is 0.667 bits per heavy atom. The van der Waals surface area contributed by atoms with Crippen LogP contribution in [0, 0.1) is 139 Å². The molecule has 0 aromatic heterocycles. The molecule has 10 unspecified atom stereocenters. The van der Waals surface area contributed by atoms with Gasteiger partial charge in [0.2, 0.25) is 0 Å². The van der Waals surface area contributed by atoms with E-state index in [2.05, 4.69) is 208 Å². The first-order chi connectivity index (χ1) is 44.7. The van der Waals surface area contributed by atoms with Crippen molar-refractivity contribution < 1.29 is 0 Å². The number of hydrogen-bond acceptors (Lipinski definition) is 0. The maximum atomic E-state index is 2.42. The zero-order valence-corrected chi connectivity index (χ0v) is 73.1. The SMILES string of the molecule is CC(C)C1CCCC1.CC1CC(C)C(C)C1.CC1CC(C)[C@@H](C)C1.CC1CCC(C)(C)C1.CC1CCC(C)C1C.CC1CCCC1(C)C.CCC1(C)CCCC1.CCC1(C)CCCC1.CCC1CCCC1C.CCCC1CCCC1.C[C@H]1CCC(C)(C)C1.C[C@H]1CCCC1(C)C. The van der Waals surface area contributed by atoms with Gasteiger partial charge >= 0.3 is 0 Å². The molecule has 0 spiro atoms. The Morgan fingerprint density at radius 3 is 0.812 bits per heavy atom. The minimum atomic E-state index is 0.653. The summed E-state index contributed by atoms with van der Waals surface area (Å²) >= 11 is 0. The molecule has 0 heteroatoms. The van der Waals surface area contributed by atoms with E-state index in [0.717, 1.165) is 117 Å². The summed E-state index contributed by atoms with van der Waals surface area (Å²) in [5, 5.41) is 0. The van der Waals surface area contributed by atoms with Gasteiger partial charge in [-0.05, 0) is 229 Å². The van der Waals surface area contributed by atoms with Crippen molar-refractivity contribution in [1.82, 2.24) is 0 Å². The molecule has 12 fully saturated rings. The van der Waals surface area contributed by atoms with E-state index in [1.165, 1.54) is 270 Å². The van der Waals surface area contributed by atoms with Crippen LogP contribution in [0.3, 0.4) is 0 Å². The molecule has 0 bridgehead atoms. The monoisotopic (exact) mass is 1350 g/mol. The standard InChI is InChI=1S/12C8H16/c2*1-6-4-7(2)8(3)5-6;2*1-7-4-5-8(2,3)6-7;2*1-7-5-4-6-8(7,2)3;1-6-4-5-7(2)8(6)3;1-7(2)8-5-3-4-6-8;2*1-3-8(2)6-4-5-7-8;1-3-8-6-4-5-7(8)2;1-2-5-8-6-3-4-7-8/h2*6-8H,4-5H2,1-3H3;4*7H,4-6H2,1-3H3;6-8H,4-5H2,1-3H3;7-8H,3-6H2,1-2H3;2*3-7H2,1-2H3;7-8H,3-6H2,1-2H3;8H,2-7H2,1H3/t6?,7-,8?;;7-;;7-;;;;;;;/m0.0.0......./s1. The molecule has 12 aliphatic rings. The lowest BCUT2D eigenvalue weighted by Gasteiger charge is -2.22. The quantitative estimate of drug-likeness (QED) is 0.249. The molecule has 0 heterocycles. The molecule has 576 valence electrons. The Balaban J connectivity index is 0.000000524. The Labute approximate surface area is 612 Å². The first kappa shape index (κ1) is 94.0. The van der Waals surface area contributed by atoms with E-state index in [1.807, 2.05) is 0 Å². The molecule has 0 nitrogen and oxygen atoms in total. The third-order valence-corrected chi connectivity index (χ3v) is 30.3. The van der Waals surface area contributed by atoms with Crippen molar-refractivity contribution in [3.8, 4) is 0 Å². The fourth-order valence-corrected chi connectivity index (χ4v) is 20.2. The zero-order chi connectivity index (χ0) is 73.1. The second kappa shape index (κ2) is 48.2. The summed E-state index contributed by atoms with van der Waals surface area (Å²) in [5.74, 6) is 18.0. The molecule has 96 heavy (non-hydrogen) atoms. The highest BCUT2D eigenvalue weighted by Crippen LogP contribution is 2.46. The van der Waals surface area contributed by atoms with E-state index in [0.29, 0.717) is 21.7 Å². The Morgan fingerprint density at radius 1 is 0.312 bits per heavy atom. The zero-order valence-electron chi connectivity index (χ0n) is 73.1. The van der Waals surface area contributed by atoms with Gasteiger partial charge in [-0.15, -0.1) is 0 Å². The highest BCUT2D eigenvalue weighted by Gasteiger charge is 2.34. The fraction of sp³-hybridized carbons (Fsp3) is 1.00. The van der Waals surface area contributed by atoms with E-state index in [4.69, 9.17) is 0 Å². The van der Waals surface area contributed by atoms with E-state index in [1.54, 1.807) is 0 Å². The van der Waals surface area contributed by atoms with Crippen LogP contribution in [0.4, 0.5) is 0 Å². The molecule has 0 aromatic rings. The third kappa shape index (κ3) is 40.3. The summed E-state index contributed by atoms with van der Waals surface area (Å²) < 4.78 is 0. The highest BCUT2D eigenvalue weighted by atomic mass is 14.4. The van der Waals surface area contributed by atoms with Crippen LogP contribution < -0.4 is 0 Å². The van der Waals surface area contributed by atoms with Crippen LogP contribution in [0.5, 0.6) is 0 Å². The van der Waals surface area contributed by atoms with Crippen molar-refractivity contribution in [3.05, 3.63) is 0 Å². The number of rotatable bonds is 6. The molecule has 13 atom stereocenters. The Kier molecular flexibility index (Phi) is 47.2. The summed E-state index contributed by atoms with van der Waals surface area (Å²) in [5.41, 5.74) is 4.11. The van der Waals surface area contributed by atoms with Gasteiger partial charge < -0.3 is 0 Å². The van der Waals surface area contributed by atoms with Crippen LogP contribution in [0.15, 0.2) is 0 Å².